The fourth-order valence-electron chi connectivity index (χ4n) is 1.10. The number of ketones is 1. The van der Waals surface area contributed by atoms with E-state index in [-0.39, 0.29) is 38.3 Å². The van der Waals surface area contributed by atoms with E-state index in [0.717, 1.165) is 12.8 Å². The number of hydrogen-bond acceptors (Lipinski definition) is 3. The summed E-state index contributed by atoms with van der Waals surface area (Å²) in [6.07, 6.45) is 5.61. The molecule has 0 unspecified atom stereocenters. The summed E-state index contributed by atoms with van der Waals surface area (Å²) >= 11 is 0. The molecule has 90 valence electrons. The molecule has 0 amide bonds. The van der Waals surface area contributed by atoms with Crippen molar-refractivity contribution in [2.45, 2.75) is 33.1 Å². The third-order valence-corrected chi connectivity index (χ3v) is 1.84. The maximum absolute atomic E-state index is 11.4. The maximum atomic E-state index is 11.4. The van der Waals surface area contributed by atoms with Crippen LogP contribution in [0.25, 0.3) is 0 Å². The zero-order valence-corrected chi connectivity index (χ0v) is 14.2. The second-order valence-electron chi connectivity index (χ2n) is 2.91. The van der Waals surface area contributed by atoms with Gasteiger partial charge in [0.1, 0.15) is 0 Å². The first-order chi connectivity index (χ1) is 7.34. The first kappa shape index (κ1) is 18.2. The normalized spacial score (nSPS) is 8.44. The number of pyridine rings is 1. The molecule has 16 heavy (non-hydrogen) atoms. The zero-order chi connectivity index (χ0) is 11.5. The summed E-state index contributed by atoms with van der Waals surface area (Å²) < 4.78 is 0. The molecule has 0 atom stereocenters. The van der Waals surface area contributed by atoms with Crippen molar-refractivity contribution in [3.63, 3.8) is 0 Å². The third kappa shape index (κ3) is 8.04. The minimum absolute atomic E-state index is 0. The quantitative estimate of drug-likeness (QED) is 0.557. The van der Waals surface area contributed by atoms with Crippen molar-refractivity contribution in [3.05, 3.63) is 30.1 Å². The molecule has 0 aliphatic heterocycles. The molecule has 0 saturated heterocycles. The first-order valence-corrected chi connectivity index (χ1v) is 5.48. The van der Waals surface area contributed by atoms with Crippen molar-refractivity contribution in [3.8, 4) is 0 Å². The molecule has 0 radical (unpaired) electrons. The van der Waals surface area contributed by atoms with Crippen molar-refractivity contribution in [2.75, 3.05) is 6.54 Å². The Kier molecular flexibility index (Phi) is 14.7. The Bertz CT molecular complexity index is 270. The molecule has 2 N–H and O–H groups in total. The van der Waals surface area contributed by atoms with Crippen molar-refractivity contribution in [2.24, 2.45) is 5.73 Å². The Morgan fingerprint density at radius 2 is 2.12 bits per heavy atom. The van der Waals surface area contributed by atoms with Gasteiger partial charge in [-0.2, -0.15) is 0 Å². The van der Waals surface area contributed by atoms with E-state index in [4.69, 9.17) is 5.73 Å². The molecule has 0 spiro atoms. The number of Topliss-reactive ketones (excluding diaryl/α,β-unsaturated/α-hetero) is 1. The molecule has 0 aliphatic rings. The van der Waals surface area contributed by atoms with Gasteiger partial charge >= 0.3 is 0 Å². The van der Waals surface area contributed by atoms with E-state index in [1.54, 1.807) is 24.5 Å². The van der Waals surface area contributed by atoms with Gasteiger partial charge < -0.3 is 5.73 Å². The Morgan fingerprint density at radius 1 is 1.44 bits per heavy atom. The fraction of sp³-hybridized carbons (Fsp3) is 0.500. The summed E-state index contributed by atoms with van der Waals surface area (Å²) in [6, 6.07) is 3.56. The van der Waals surface area contributed by atoms with Crippen LogP contribution in [0.15, 0.2) is 24.5 Å². The minimum Gasteiger partial charge on any atom is -0.330 e. The summed E-state index contributed by atoms with van der Waals surface area (Å²) in [5.41, 5.74) is 6.02. The van der Waals surface area contributed by atoms with Crippen LogP contribution in [0, 0.1) is 31.1 Å². The molecule has 1 aromatic heterocycles. The number of nitrogens with two attached hydrogens (primary N) is 1. The van der Waals surface area contributed by atoms with Crippen molar-refractivity contribution < 1.29 is 37.3 Å². The van der Waals surface area contributed by atoms with E-state index in [1.807, 2.05) is 13.8 Å². The molecule has 1 heterocycles. The van der Waals surface area contributed by atoms with Crippen LogP contribution in [0.3, 0.4) is 0 Å². The van der Waals surface area contributed by atoms with Gasteiger partial charge in [0.25, 0.3) is 0 Å². The molecule has 0 bridgehead atoms. The number of hydrogen-bond donors (Lipinski definition) is 1. The molecule has 1 rings (SSSR count). The van der Waals surface area contributed by atoms with Crippen LogP contribution >= 0.6 is 0 Å². The van der Waals surface area contributed by atoms with Crippen molar-refractivity contribution in [1.82, 2.24) is 4.98 Å². The molecular weight excluding hydrogens is 426 g/mol. The number of nitrogens with zero attached hydrogens (tertiary/aromatic N) is 1. The predicted molar refractivity (Wildman–Crippen MR) is 64.9 cm³/mol. The number of unbranched alkanes of at least 4 members (excludes halogenated alkanes) is 1. The van der Waals surface area contributed by atoms with Gasteiger partial charge in [0.15, 0.2) is 5.78 Å². The standard InChI is InChI=1S/C10H14N2O.C2H6.U.H2/c11-6-2-1-5-10(13)9-4-3-7-12-8-9;1-2;;/h3-4,7-8H,1-2,5-6,11H2;1-2H3;;1H. The monoisotopic (exact) mass is 448 g/mol. The van der Waals surface area contributed by atoms with Gasteiger partial charge in [-0.05, 0) is 31.5 Å². The maximum Gasteiger partial charge on any atom is 0.164 e. The van der Waals surface area contributed by atoms with Gasteiger partial charge in [0.05, 0.1) is 0 Å². The van der Waals surface area contributed by atoms with Crippen LogP contribution in [0.4, 0.5) is 0 Å². The van der Waals surface area contributed by atoms with Crippen LogP contribution in [0.5, 0.6) is 0 Å². The Hall–Kier alpha value is -0.168. The fourth-order valence-corrected chi connectivity index (χ4v) is 1.10. The summed E-state index contributed by atoms with van der Waals surface area (Å²) in [4.78, 5) is 15.3. The van der Waals surface area contributed by atoms with Gasteiger partial charge in [0.2, 0.25) is 0 Å². The van der Waals surface area contributed by atoms with Crippen LogP contribution in [0.1, 0.15) is 44.9 Å². The van der Waals surface area contributed by atoms with E-state index in [1.165, 1.54) is 0 Å². The Morgan fingerprint density at radius 3 is 2.62 bits per heavy atom. The van der Waals surface area contributed by atoms with Crippen molar-refractivity contribution in [1.29, 1.82) is 0 Å². The largest absolute Gasteiger partial charge is 0.330 e. The second kappa shape index (κ2) is 12.9. The minimum atomic E-state index is 0. The second-order valence-corrected chi connectivity index (χ2v) is 2.91. The van der Waals surface area contributed by atoms with Crippen LogP contribution in [-0.2, 0) is 0 Å². The topological polar surface area (TPSA) is 56.0 Å². The molecule has 0 fully saturated rings. The molecule has 0 saturated carbocycles. The van der Waals surface area contributed by atoms with E-state index < -0.39 is 0 Å². The molecular formula is C12H22N2OU. The SMILES string of the molecule is CC.NCCCCC(=O)c1cccnc1.[HH].[U]. The molecule has 4 heteroatoms. The number of carbonyl (C=O) groups excluding carboxylic acids is 1. The summed E-state index contributed by atoms with van der Waals surface area (Å²) in [5, 5.41) is 0. The molecule has 3 nitrogen and oxygen atoms in total. The Balaban J connectivity index is -0.000000464. The van der Waals surface area contributed by atoms with Crippen LogP contribution in [-0.4, -0.2) is 17.3 Å². The Labute approximate surface area is 123 Å². The van der Waals surface area contributed by atoms with Crippen molar-refractivity contribution >= 4 is 5.78 Å². The van der Waals surface area contributed by atoms with Crippen LogP contribution in [0.2, 0.25) is 0 Å². The van der Waals surface area contributed by atoms with Gasteiger partial charge in [-0.3, -0.25) is 9.78 Å². The average Bonchev–Trinajstić information content (AvgIpc) is 2.33. The van der Waals surface area contributed by atoms with Gasteiger partial charge in [-0.1, -0.05) is 13.8 Å². The average molecular weight is 448 g/mol. The van der Waals surface area contributed by atoms with Gasteiger partial charge in [-0.15, -0.1) is 0 Å². The first-order valence-electron chi connectivity index (χ1n) is 5.48. The smallest absolute Gasteiger partial charge is 0.164 e. The van der Waals surface area contributed by atoms with Gasteiger partial charge in [-0.25, -0.2) is 0 Å². The third-order valence-electron chi connectivity index (χ3n) is 1.84. The number of rotatable bonds is 5. The van der Waals surface area contributed by atoms with E-state index >= 15 is 0 Å². The zero-order valence-electron chi connectivity index (χ0n) is 10.1. The molecule has 0 aromatic carbocycles. The van der Waals surface area contributed by atoms with E-state index in [2.05, 4.69) is 4.98 Å². The summed E-state index contributed by atoms with van der Waals surface area (Å²) in [5.74, 6) is 0.154. The molecule has 1 aromatic rings. The van der Waals surface area contributed by atoms with Crippen LogP contribution < -0.4 is 5.73 Å². The number of aromatic nitrogens is 1. The van der Waals surface area contributed by atoms with Gasteiger partial charge in [0, 0.05) is 56.9 Å². The summed E-state index contributed by atoms with van der Waals surface area (Å²) in [7, 11) is 0. The van der Waals surface area contributed by atoms with E-state index in [9.17, 15) is 4.79 Å². The van der Waals surface area contributed by atoms with E-state index in [0.29, 0.717) is 18.5 Å². The summed E-state index contributed by atoms with van der Waals surface area (Å²) in [6.45, 7) is 4.65. The number of carbonyl (C=O) groups is 1. The molecule has 0 aliphatic carbocycles. The predicted octanol–water partition coefficient (Wildman–Crippen LogP) is 2.67.